The third kappa shape index (κ3) is 3.12. The summed E-state index contributed by atoms with van der Waals surface area (Å²) in [6.07, 6.45) is -2.23. The Hall–Kier alpha value is -0.710. The molecule has 0 fully saturated rings. The van der Waals surface area contributed by atoms with Gasteiger partial charge in [0, 0.05) is 11.6 Å². The summed E-state index contributed by atoms with van der Waals surface area (Å²) in [6.45, 7) is 1.68. The Balaban J connectivity index is 2.89. The van der Waals surface area contributed by atoms with Crippen LogP contribution in [0.25, 0.3) is 0 Å². The number of aliphatic hydroxyl groups is 2. The summed E-state index contributed by atoms with van der Waals surface area (Å²) in [7, 11) is 0. The van der Waals surface area contributed by atoms with E-state index in [1.807, 2.05) is 0 Å². The Morgan fingerprint density at radius 1 is 1.47 bits per heavy atom. The molecule has 3 nitrogen and oxygen atoms in total. The van der Waals surface area contributed by atoms with Crippen molar-refractivity contribution in [2.24, 2.45) is 0 Å². The van der Waals surface area contributed by atoms with Crippen LogP contribution >= 0.6 is 11.6 Å². The molecule has 0 saturated heterocycles. The van der Waals surface area contributed by atoms with Gasteiger partial charge in [0.25, 0.3) is 0 Å². The summed E-state index contributed by atoms with van der Waals surface area (Å²) < 4.78 is 13.3. The van der Waals surface area contributed by atoms with E-state index in [0.717, 1.165) is 0 Å². The zero-order chi connectivity index (χ0) is 11.4. The molecule has 1 aromatic rings. The van der Waals surface area contributed by atoms with E-state index < -0.39 is 18.0 Å². The molecule has 15 heavy (non-hydrogen) atoms. The van der Waals surface area contributed by atoms with Crippen LogP contribution < -0.4 is 0 Å². The van der Waals surface area contributed by atoms with Crippen molar-refractivity contribution < 1.29 is 14.6 Å². The molecule has 0 aliphatic carbocycles. The topological polar surface area (TPSA) is 53.4 Å². The second kappa shape index (κ2) is 5.39. The first kappa shape index (κ1) is 12.4. The molecular weight excluding hydrogens is 221 g/mol. The van der Waals surface area contributed by atoms with E-state index >= 15 is 0 Å². The van der Waals surface area contributed by atoms with Crippen molar-refractivity contribution in [2.75, 3.05) is 5.88 Å². The van der Waals surface area contributed by atoms with Crippen LogP contribution in [0.4, 0.5) is 4.39 Å². The Labute approximate surface area is 92.5 Å². The second-order valence-corrected chi connectivity index (χ2v) is 3.69. The Morgan fingerprint density at radius 2 is 2.13 bits per heavy atom. The minimum atomic E-state index is -1.33. The molecule has 0 radical (unpaired) electrons. The number of hydrogen-bond donors (Lipinski definition) is 2. The van der Waals surface area contributed by atoms with Gasteiger partial charge in [-0.15, -0.1) is 11.6 Å². The minimum absolute atomic E-state index is 0.132. The van der Waals surface area contributed by atoms with Gasteiger partial charge in [-0.3, -0.25) is 4.98 Å². The molecule has 0 saturated carbocycles. The molecule has 1 heterocycles. The lowest BCUT2D eigenvalue weighted by atomic mass is 10.1. The van der Waals surface area contributed by atoms with Crippen molar-refractivity contribution in [3.63, 3.8) is 0 Å². The molecule has 0 aliphatic heterocycles. The third-order valence-corrected chi connectivity index (χ3v) is 2.28. The highest BCUT2D eigenvalue weighted by Gasteiger charge is 2.22. The van der Waals surface area contributed by atoms with Crippen LogP contribution in [0, 0.1) is 12.7 Å². The predicted molar refractivity (Wildman–Crippen MR) is 55.2 cm³/mol. The lowest BCUT2D eigenvalue weighted by Gasteiger charge is -2.17. The van der Waals surface area contributed by atoms with Crippen molar-refractivity contribution in [1.29, 1.82) is 0 Å². The average molecular weight is 234 g/mol. The summed E-state index contributed by atoms with van der Waals surface area (Å²) in [5, 5.41) is 19.1. The summed E-state index contributed by atoms with van der Waals surface area (Å²) in [5.74, 6) is -0.423. The lowest BCUT2D eigenvalue weighted by Crippen LogP contribution is -2.21. The number of aryl methyl sites for hydroxylation is 1. The number of hydrogen-bond acceptors (Lipinski definition) is 3. The molecule has 0 bridgehead atoms. The quantitative estimate of drug-likeness (QED) is 0.776. The van der Waals surface area contributed by atoms with E-state index in [4.69, 9.17) is 11.6 Å². The number of nitrogens with zero attached hydrogens (tertiary/aromatic N) is 1. The molecule has 1 rings (SSSR count). The normalized spacial score (nSPS) is 15.0. The van der Waals surface area contributed by atoms with Crippen molar-refractivity contribution >= 4 is 11.6 Å². The SMILES string of the molecule is Cc1ccc(F)c(C(O)C(O)CCCl)n1. The number of alkyl halides is 1. The molecule has 0 amide bonds. The maximum Gasteiger partial charge on any atom is 0.147 e. The second-order valence-electron chi connectivity index (χ2n) is 3.31. The highest BCUT2D eigenvalue weighted by Crippen LogP contribution is 2.20. The Morgan fingerprint density at radius 3 is 2.73 bits per heavy atom. The van der Waals surface area contributed by atoms with Crippen LogP contribution in [0.15, 0.2) is 12.1 Å². The molecule has 5 heteroatoms. The Bertz CT molecular complexity index is 335. The molecule has 0 spiro atoms. The number of halogens is 2. The van der Waals surface area contributed by atoms with Crippen LogP contribution in [-0.4, -0.2) is 27.2 Å². The molecule has 2 unspecified atom stereocenters. The van der Waals surface area contributed by atoms with E-state index in [0.29, 0.717) is 5.69 Å². The maximum absolute atomic E-state index is 13.3. The van der Waals surface area contributed by atoms with Crippen molar-refractivity contribution in [3.8, 4) is 0 Å². The first-order valence-electron chi connectivity index (χ1n) is 4.61. The van der Waals surface area contributed by atoms with Crippen LogP contribution in [0.3, 0.4) is 0 Å². The van der Waals surface area contributed by atoms with Crippen molar-refractivity contribution in [3.05, 3.63) is 29.3 Å². The summed E-state index contributed by atoms with van der Waals surface area (Å²) >= 11 is 5.41. The molecule has 0 aromatic carbocycles. The third-order valence-electron chi connectivity index (χ3n) is 2.06. The average Bonchev–Trinajstić information content (AvgIpc) is 2.21. The zero-order valence-corrected chi connectivity index (χ0v) is 9.08. The number of pyridine rings is 1. The molecule has 2 N–H and O–H groups in total. The number of aliphatic hydroxyl groups excluding tert-OH is 2. The van der Waals surface area contributed by atoms with Gasteiger partial charge < -0.3 is 10.2 Å². The van der Waals surface area contributed by atoms with Gasteiger partial charge in [-0.05, 0) is 25.5 Å². The minimum Gasteiger partial charge on any atom is -0.390 e. The van der Waals surface area contributed by atoms with E-state index in [1.165, 1.54) is 12.1 Å². The number of rotatable bonds is 4. The van der Waals surface area contributed by atoms with Crippen molar-refractivity contribution in [1.82, 2.24) is 4.98 Å². The number of aromatic nitrogens is 1. The monoisotopic (exact) mass is 233 g/mol. The van der Waals surface area contributed by atoms with Gasteiger partial charge in [0.15, 0.2) is 0 Å². The molecule has 1 aromatic heterocycles. The highest BCUT2D eigenvalue weighted by atomic mass is 35.5. The highest BCUT2D eigenvalue weighted by molar-refractivity contribution is 6.17. The van der Waals surface area contributed by atoms with Gasteiger partial charge in [-0.25, -0.2) is 4.39 Å². The fourth-order valence-electron chi connectivity index (χ4n) is 1.22. The fraction of sp³-hybridized carbons (Fsp3) is 0.500. The van der Waals surface area contributed by atoms with Gasteiger partial charge in [-0.2, -0.15) is 0 Å². The molecule has 0 aliphatic rings. The first-order valence-corrected chi connectivity index (χ1v) is 5.15. The van der Waals surface area contributed by atoms with Crippen LogP contribution in [0.2, 0.25) is 0 Å². The zero-order valence-electron chi connectivity index (χ0n) is 8.32. The lowest BCUT2D eigenvalue weighted by molar-refractivity contribution is 0.0121. The predicted octanol–water partition coefficient (Wildman–Crippen LogP) is 1.55. The standard InChI is InChI=1S/C10H13ClFNO2/c1-6-2-3-7(12)9(13-6)10(15)8(14)4-5-11/h2-3,8,10,14-15H,4-5H2,1H3. The molecule has 2 atom stereocenters. The van der Waals surface area contributed by atoms with Gasteiger partial charge in [0.2, 0.25) is 0 Å². The van der Waals surface area contributed by atoms with E-state index in [9.17, 15) is 14.6 Å². The summed E-state index contributed by atoms with van der Waals surface area (Å²) in [4.78, 5) is 3.85. The van der Waals surface area contributed by atoms with E-state index in [-0.39, 0.29) is 18.0 Å². The van der Waals surface area contributed by atoms with Crippen LogP contribution in [0.5, 0.6) is 0 Å². The van der Waals surface area contributed by atoms with Gasteiger partial charge in [0.1, 0.15) is 17.6 Å². The molecule has 84 valence electrons. The van der Waals surface area contributed by atoms with Gasteiger partial charge >= 0.3 is 0 Å². The van der Waals surface area contributed by atoms with Crippen LogP contribution in [0.1, 0.15) is 23.9 Å². The summed E-state index contributed by atoms with van der Waals surface area (Å²) in [5.41, 5.74) is 0.455. The van der Waals surface area contributed by atoms with Crippen LogP contribution in [-0.2, 0) is 0 Å². The Kier molecular flexibility index (Phi) is 4.45. The van der Waals surface area contributed by atoms with Gasteiger partial charge in [0.05, 0.1) is 6.10 Å². The first-order chi connectivity index (χ1) is 7.06. The largest absolute Gasteiger partial charge is 0.390 e. The van der Waals surface area contributed by atoms with Gasteiger partial charge in [-0.1, -0.05) is 0 Å². The van der Waals surface area contributed by atoms with E-state index in [2.05, 4.69) is 4.98 Å². The summed E-state index contributed by atoms with van der Waals surface area (Å²) in [6, 6.07) is 2.72. The maximum atomic E-state index is 13.3. The smallest absolute Gasteiger partial charge is 0.147 e. The fourth-order valence-corrected chi connectivity index (χ4v) is 1.44. The van der Waals surface area contributed by atoms with Crippen molar-refractivity contribution in [2.45, 2.75) is 25.6 Å². The van der Waals surface area contributed by atoms with E-state index in [1.54, 1.807) is 6.92 Å². The molecular formula is C10H13ClFNO2.